The third-order valence-corrected chi connectivity index (χ3v) is 6.16. The van der Waals surface area contributed by atoms with Crippen molar-refractivity contribution in [1.82, 2.24) is 15.2 Å². The minimum Gasteiger partial charge on any atom is -0.372 e. The molecular weight excluding hydrogens is 410 g/mol. The van der Waals surface area contributed by atoms with Gasteiger partial charge in [-0.3, -0.25) is 9.59 Å². The van der Waals surface area contributed by atoms with Gasteiger partial charge in [0.2, 0.25) is 0 Å². The number of nitrogens with one attached hydrogen (secondary N) is 1. The van der Waals surface area contributed by atoms with E-state index in [1.54, 1.807) is 6.20 Å². The summed E-state index contributed by atoms with van der Waals surface area (Å²) >= 11 is 1.37. The van der Waals surface area contributed by atoms with Crippen LogP contribution >= 0.6 is 11.3 Å². The van der Waals surface area contributed by atoms with Crippen molar-refractivity contribution in [2.45, 2.75) is 32.6 Å². The quantitative estimate of drug-likeness (QED) is 0.658. The fourth-order valence-electron chi connectivity index (χ4n) is 3.65. The number of aromatic nitrogens is 1. The minimum absolute atomic E-state index is 0.00990. The molecule has 1 aromatic heterocycles. The van der Waals surface area contributed by atoms with Crippen LogP contribution in [0, 0.1) is 0 Å². The van der Waals surface area contributed by atoms with Gasteiger partial charge in [-0.05, 0) is 31.5 Å². The lowest BCUT2D eigenvalue weighted by Crippen LogP contribution is -2.48. The van der Waals surface area contributed by atoms with E-state index in [0.717, 1.165) is 16.1 Å². The average Bonchev–Trinajstić information content (AvgIpc) is 3.28. The van der Waals surface area contributed by atoms with E-state index in [-0.39, 0.29) is 24.0 Å². The molecular formula is C24H25N3O3S. The van der Waals surface area contributed by atoms with Crippen LogP contribution in [0.2, 0.25) is 0 Å². The highest BCUT2D eigenvalue weighted by Crippen LogP contribution is 2.24. The van der Waals surface area contributed by atoms with Crippen LogP contribution in [-0.4, -0.2) is 47.0 Å². The zero-order chi connectivity index (χ0) is 21.8. The molecule has 0 saturated carbocycles. The number of thiazole rings is 1. The molecule has 1 fully saturated rings. The van der Waals surface area contributed by atoms with E-state index >= 15 is 0 Å². The van der Waals surface area contributed by atoms with Crippen molar-refractivity contribution in [2.75, 3.05) is 13.1 Å². The lowest BCUT2D eigenvalue weighted by molar-refractivity contribution is -0.0586. The molecule has 2 amide bonds. The first-order valence-corrected chi connectivity index (χ1v) is 11.1. The summed E-state index contributed by atoms with van der Waals surface area (Å²) < 4.78 is 5.70. The monoisotopic (exact) mass is 435 g/mol. The predicted octanol–water partition coefficient (Wildman–Crippen LogP) is 3.99. The summed E-state index contributed by atoms with van der Waals surface area (Å²) in [5.74, 6) is -0.146. The maximum absolute atomic E-state index is 12.8. The van der Waals surface area contributed by atoms with Crippen molar-refractivity contribution in [3.63, 3.8) is 0 Å². The zero-order valence-electron chi connectivity index (χ0n) is 17.6. The second-order valence-corrected chi connectivity index (χ2v) is 8.77. The Morgan fingerprint density at radius 2 is 1.74 bits per heavy atom. The van der Waals surface area contributed by atoms with Crippen molar-refractivity contribution in [3.05, 3.63) is 76.8 Å². The van der Waals surface area contributed by atoms with E-state index in [1.165, 1.54) is 11.3 Å². The normalized spacial score (nSPS) is 18.6. The number of carbonyl (C=O) groups is 2. The number of hydrogen-bond acceptors (Lipinski definition) is 5. The van der Waals surface area contributed by atoms with Gasteiger partial charge in [-0.2, -0.15) is 0 Å². The van der Waals surface area contributed by atoms with Crippen molar-refractivity contribution >= 4 is 23.2 Å². The molecule has 7 heteroatoms. The van der Waals surface area contributed by atoms with Crippen LogP contribution in [-0.2, 0) is 11.3 Å². The summed E-state index contributed by atoms with van der Waals surface area (Å²) in [5, 5.41) is 3.74. The Labute approximate surface area is 185 Å². The molecule has 1 aliphatic rings. The van der Waals surface area contributed by atoms with Gasteiger partial charge in [-0.25, -0.2) is 4.98 Å². The first kappa shape index (κ1) is 21.2. The molecule has 0 aliphatic carbocycles. The molecule has 0 bridgehead atoms. The molecule has 4 rings (SSSR count). The highest BCUT2D eigenvalue weighted by molar-refractivity contribution is 7.16. The summed E-state index contributed by atoms with van der Waals surface area (Å²) in [7, 11) is 0. The number of hydrogen-bond donors (Lipinski definition) is 1. The third kappa shape index (κ3) is 5.18. The van der Waals surface area contributed by atoms with Crippen LogP contribution in [0.25, 0.3) is 10.6 Å². The molecule has 2 atom stereocenters. The Kier molecular flexibility index (Phi) is 6.44. The molecule has 3 aromatic rings. The predicted molar refractivity (Wildman–Crippen MR) is 121 cm³/mol. The van der Waals surface area contributed by atoms with Crippen LogP contribution in [0.4, 0.5) is 0 Å². The van der Waals surface area contributed by atoms with Crippen LogP contribution in [0.5, 0.6) is 0 Å². The second-order valence-electron chi connectivity index (χ2n) is 7.74. The Morgan fingerprint density at radius 1 is 1.06 bits per heavy atom. The first-order valence-electron chi connectivity index (χ1n) is 10.3. The van der Waals surface area contributed by atoms with Crippen LogP contribution in [0.3, 0.4) is 0 Å². The fraction of sp³-hybridized carbons (Fsp3) is 0.292. The largest absolute Gasteiger partial charge is 0.372 e. The molecule has 31 heavy (non-hydrogen) atoms. The molecule has 1 aliphatic heterocycles. The van der Waals surface area contributed by atoms with Gasteiger partial charge < -0.3 is 15.0 Å². The molecule has 1 N–H and O–H groups in total. The Balaban J connectivity index is 1.34. The SMILES string of the molecule is CC1CN(C(=O)c2ccc(CNC(=O)c3cnc(-c4ccccc4)s3)cc2)CC(C)O1. The van der Waals surface area contributed by atoms with Gasteiger partial charge in [-0.15, -0.1) is 11.3 Å². The molecule has 2 heterocycles. The van der Waals surface area contributed by atoms with Gasteiger partial charge in [0.1, 0.15) is 9.88 Å². The van der Waals surface area contributed by atoms with Gasteiger partial charge >= 0.3 is 0 Å². The van der Waals surface area contributed by atoms with Crippen molar-refractivity contribution in [1.29, 1.82) is 0 Å². The summed E-state index contributed by atoms with van der Waals surface area (Å²) in [6, 6.07) is 17.2. The van der Waals surface area contributed by atoms with Gasteiger partial charge in [0.15, 0.2) is 0 Å². The fourth-order valence-corrected chi connectivity index (χ4v) is 4.49. The zero-order valence-corrected chi connectivity index (χ0v) is 18.4. The Hall–Kier alpha value is -3.03. The Bertz CT molecular complexity index is 1040. The molecule has 0 radical (unpaired) electrons. The second kappa shape index (κ2) is 9.41. The lowest BCUT2D eigenvalue weighted by atomic mass is 10.1. The Morgan fingerprint density at radius 3 is 2.42 bits per heavy atom. The van der Waals surface area contributed by atoms with E-state index in [1.807, 2.05) is 73.3 Å². The standard InChI is InChI=1S/C24H25N3O3S/c1-16-14-27(15-17(2)30-16)24(29)20-10-8-18(9-11-20)12-25-22(28)21-13-26-23(31-21)19-6-4-3-5-7-19/h3-11,13,16-17H,12,14-15H2,1-2H3,(H,25,28). The summed E-state index contributed by atoms with van der Waals surface area (Å²) in [5.41, 5.74) is 2.57. The molecule has 1 saturated heterocycles. The highest BCUT2D eigenvalue weighted by Gasteiger charge is 2.26. The van der Waals surface area contributed by atoms with Crippen molar-refractivity contribution in [2.24, 2.45) is 0 Å². The van der Waals surface area contributed by atoms with Gasteiger partial charge in [-0.1, -0.05) is 42.5 Å². The number of benzene rings is 2. The van der Waals surface area contributed by atoms with Gasteiger partial charge in [0.05, 0.1) is 18.4 Å². The average molecular weight is 436 g/mol. The maximum atomic E-state index is 12.8. The molecule has 160 valence electrons. The number of carbonyl (C=O) groups excluding carboxylic acids is 2. The van der Waals surface area contributed by atoms with Crippen molar-refractivity contribution < 1.29 is 14.3 Å². The van der Waals surface area contributed by atoms with Gasteiger partial charge in [0, 0.05) is 30.8 Å². The first-order chi connectivity index (χ1) is 15.0. The van der Waals surface area contributed by atoms with E-state index in [4.69, 9.17) is 4.74 Å². The summed E-state index contributed by atoms with van der Waals surface area (Å²) in [6.07, 6.45) is 1.68. The number of morpholine rings is 1. The molecule has 2 aromatic carbocycles. The van der Waals surface area contributed by atoms with Crippen LogP contribution in [0.1, 0.15) is 39.4 Å². The topological polar surface area (TPSA) is 71.5 Å². The number of ether oxygens (including phenoxy) is 1. The number of rotatable bonds is 5. The van der Waals surface area contributed by atoms with Crippen LogP contribution in [0.15, 0.2) is 60.8 Å². The highest BCUT2D eigenvalue weighted by atomic mass is 32.1. The molecule has 2 unspecified atom stereocenters. The number of nitrogens with zero attached hydrogens (tertiary/aromatic N) is 2. The van der Waals surface area contributed by atoms with Crippen LogP contribution < -0.4 is 5.32 Å². The third-order valence-electron chi connectivity index (χ3n) is 5.11. The summed E-state index contributed by atoms with van der Waals surface area (Å²) in [6.45, 7) is 5.54. The molecule has 0 spiro atoms. The van der Waals surface area contributed by atoms with Crippen molar-refractivity contribution in [3.8, 4) is 10.6 Å². The minimum atomic E-state index is -0.156. The van der Waals surface area contributed by atoms with E-state index in [2.05, 4.69) is 10.3 Å². The van der Waals surface area contributed by atoms with E-state index in [9.17, 15) is 9.59 Å². The van der Waals surface area contributed by atoms with E-state index in [0.29, 0.717) is 30.1 Å². The van der Waals surface area contributed by atoms with Gasteiger partial charge in [0.25, 0.3) is 11.8 Å². The van der Waals surface area contributed by atoms with E-state index < -0.39 is 0 Å². The lowest BCUT2D eigenvalue weighted by Gasteiger charge is -2.35. The number of amides is 2. The smallest absolute Gasteiger partial charge is 0.263 e. The molecule has 6 nitrogen and oxygen atoms in total. The maximum Gasteiger partial charge on any atom is 0.263 e. The summed E-state index contributed by atoms with van der Waals surface area (Å²) in [4.78, 5) is 32.0.